The molecule has 6 heteroatoms. The number of anilines is 1. The molecule has 0 spiro atoms. The molecule has 148 valence electrons. The van der Waals surface area contributed by atoms with Gasteiger partial charge in [0.25, 0.3) is 0 Å². The lowest BCUT2D eigenvalue weighted by Crippen LogP contribution is -2.41. The first-order valence-electron chi connectivity index (χ1n) is 9.55. The molecule has 0 bridgehead atoms. The zero-order chi connectivity index (χ0) is 19.9. The summed E-state index contributed by atoms with van der Waals surface area (Å²) in [4.78, 5) is 11.0. The van der Waals surface area contributed by atoms with Crippen molar-refractivity contribution in [2.24, 2.45) is 4.99 Å². The number of nitrogens with zero attached hydrogens (tertiary/aromatic N) is 3. The van der Waals surface area contributed by atoms with E-state index >= 15 is 0 Å². The maximum atomic E-state index is 5.81. The summed E-state index contributed by atoms with van der Waals surface area (Å²) >= 11 is 0. The largest absolute Gasteiger partial charge is 0.443 e. The predicted octanol–water partition coefficient (Wildman–Crippen LogP) is 3.47. The van der Waals surface area contributed by atoms with Crippen molar-refractivity contribution in [1.82, 2.24) is 15.6 Å². The van der Waals surface area contributed by atoms with Crippen molar-refractivity contribution >= 4 is 11.6 Å². The summed E-state index contributed by atoms with van der Waals surface area (Å²) in [6, 6.07) is 8.47. The lowest BCUT2D eigenvalue weighted by molar-refractivity contribution is 0.379. The van der Waals surface area contributed by atoms with Gasteiger partial charge in [-0.1, -0.05) is 39.0 Å². The Morgan fingerprint density at radius 3 is 2.56 bits per heavy atom. The standard InChI is InChI=1S/C21H33N5O/c1-7-26(17-11-9-8-10-16(17)2)13-12-23-20(22-6)25-15-19-24-14-18(27-19)21(3,4)5/h8-11,14H,7,12-13,15H2,1-6H3,(H2,22,23,25). The Balaban J connectivity index is 1.83. The highest BCUT2D eigenvalue weighted by atomic mass is 16.4. The fourth-order valence-corrected chi connectivity index (χ4v) is 2.80. The van der Waals surface area contributed by atoms with Crippen LogP contribution in [0.2, 0.25) is 0 Å². The summed E-state index contributed by atoms with van der Waals surface area (Å²) in [6.07, 6.45) is 1.80. The molecule has 2 rings (SSSR count). The quantitative estimate of drug-likeness (QED) is 0.576. The first-order chi connectivity index (χ1) is 12.8. The third-order valence-electron chi connectivity index (χ3n) is 4.44. The highest BCUT2D eigenvalue weighted by molar-refractivity contribution is 5.79. The Morgan fingerprint density at radius 1 is 1.22 bits per heavy atom. The second kappa shape index (κ2) is 9.44. The fraction of sp³-hybridized carbons (Fsp3) is 0.524. The van der Waals surface area contributed by atoms with Crippen molar-refractivity contribution < 1.29 is 4.42 Å². The van der Waals surface area contributed by atoms with Gasteiger partial charge in [-0.25, -0.2) is 4.98 Å². The number of guanidine groups is 1. The Hall–Kier alpha value is -2.50. The summed E-state index contributed by atoms with van der Waals surface area (Å²) in [6.45, 7) is 13.8. The van der Waals surface area contributed by atoms with Crippen molar-refractivity contribution in [3.8, 4) is 0 Å². The van der Waals surface area contributed by atoms with E-state index < -0.39 is 0 Å². The minimum absolute atomic E-state index is 0.0373. The number of benzene rings is 1. The molecule has 0 radical (unpaired) electrons. The van der Waals surface area contributed by atoms with Gasteiger partial charge >= 0.3 is 0 Å². The van der Waals surface area contributed by atoms with Gasteiger partial charge in [0.05, 0.1) is 12.7 Å². The van der Waals surface area contributed by atoms with Gasteiger partial charge in [0, 0.05) is 37.8 Å². The van der Waals surface area contributed by atoms with E-state index in [1.165, 1.54) is 11.3 Å². The highest BCUT2D eigenvalue weighted by Crippen LogP contribution is 2.22. The molecule has 1 heterocycles. The van der Waals surface area contributed by atoms with Crippen LogP contribution in [-0.2, 0) is 12.0 Å². The van der Waals surface area contributed by atoms with Gasteiger partial charge in [0.2, 0.25) is 5.89 Å². The van der Waals surface area contributed by atoms with Crippen molar-refractivity contribution in [1.29, 1.82) is 0 Å². The molecule has 0 amide bonds. The molecule has 0 aliphatic carbocycles. The molecule has 0 aliphatic heterocycles. The summed E-state index contributed by atoms with van der Waals surface area (Å²) in [5, 5.41) is 6.62. The van der Waals surface area contributed by atoms with E-state index in [1.54, 1.807) is 13.2 Å². The Bertz CT molecular complexity index is 745. The molecular weight excluding hydrogens is 338 g/mol. The monoisotopic (exact) mass is 371 g/mol. The smallest absolute Gasteiger partial charge is 0.213 e. The van der Waals surface area contributed by atoms with E-state index in [9.17, 15) is 0 Å². The molecule has 27 heavy (non-hydrogen) atoms. The number of aliphatic imine (C=N–C) groups is 1. The Labute approximate surface area is 163 Å². The van der Waals surface area contributed by atoms with Crippen LogP contribution in [-0.4, -0.2) is 37.6 Å². The zero-order valence-electron chi connectivity index (χ0n) is 17.5. The summed E-state index contributed by atoms with van der Waals surface area (Å²) in [5.74, 6) is 2.29. The second-order valence-electron chi connectivity index (χ2n) is 7.59. The van der Waals surface area contributed by atoms with E-state index in [0.29, 0.717) is 12.4 Å². The SMILES string of the molecule is CCN(CCNC(=NC)NCc1ncc(C(C)(C)C)o1)c1ccccc1C. The number of hydrogen-bond acceptors (Lipinski definition) is 4. The number of nitrogens with one attached hydrogen (secondary N) is 2. The Kier molecular flexibility index (Phi) is 7.28. The molecule has 0 saturated heterocycles. The maximum Gasteiger partial charge on any atom is 0.213 e. The number of hydrogen-bond donors (Lipinski definition) is 2. The molecule has 0 fully saturated rings. The first kappa shape index (κ1) is 20.8. The number of oxazole rings is 1. The molecule has 2 N–H and O–H groups in total. The van der Waals surface area contributed by atoms with Gasteiger partial charge in [-0.15, -0.1) is 0 Å². The molecule has 0 atom stereocenters. The van der Waals surface area contributed by atoms with Gasteiger partial charge in [0.15, 0.2) is 5.96 Å². The molecule has 0 aliphatic rings. The molecule has 0 unspecified atom stereocenters. The third-order valence-corrected chi connectivity index (χ3v) is 4.44. The summed E-state index contributed by atoms with van der Waals surface area (Å²) < 4.78 is 5.81. The summed E-state index contributed by atoms with van der Waals surface area (Å²) in [7, 11) is 1.77. The van der Waals surface area contributed by atoms with Gasteiger partial charge in [-0.05, 0) is 25.5 Å². The molecule has 6 nitrogen and oxygen atoms in total. The van der Waals surface area contributed by atoms with E-state index in [-0.39, 0.29) is 5.41 Å². The van der Waals surface area contributed by atoms with E-state index in [2.05, 4.69) is 84.4 Å². The Morgan fingerprint density at radius 2 is 1.96 bits per heavy atom. The van der Waals surface area contributed by atoms with Crippen molar-refractivity contribution in [2.45, 2.75) is 46.6 Å². The van der Waals surface area contributed by atoms with Crippen LogP contribution >= 0.6 is 0 Å². The first-order valence-corrected chi connectivity index (χ1v) is 9.55. The zero-order valence-corrected chi connectivity index (χ0v) is 17.5. The van der Waals surface area contributed by atoms with Crippen LogP contribution in [0, 0.1) is 6.92 Å². The molecule has 1 aromatic heterocycles. The van der Waals surface area contributed by atoms with Crippen LogP contribution in [0.3, 0.4) is 0 Å². The number of rotatable bonds is 7. The molecule has 2 aromatic rings. The average Bonchev–Trinajstić information content (AvgIpc) is 3.12. The van der Waals surface area contributed by atoms with Crippen molar-refractivity contribution in [2.75, 3.05) is 31.6 Å². The highest BCUT2D eigenvalue weighted by Gasteiger charge is 2.19. The minimum Gasteiger partial charge on any atom is -0.443 e. The number of aryl methyl sites for hydroxylation is 1. The van der Waals surface area contributed by atoms with Crippen molar-refractivity contribution in [3.63, 3.8) is 0 Å². The van der Waals surface area contributed by atoms with Gasteiger partial charge in [-0.3, -0.25) is 4.99 Å². The third kappa shape index (κ3) is 6.01. The van der Waals surface area contributed by atoms with Gasteiger partial charge < -0.3 is 20.0 Å². The lowest BCUT2D eigenvalue weighted by Gasteiger charge is -2.25. The molecule has 0 saturated carbocycles. The van der Waals surface area contributed by atoms with E-state index in [1.807, 2.05) is 0 Å². The summed E-state index contributed by atoms with van der Waals surface area (Å²) in [5.41, 5.74) is 2.53. The topological polar surface area (TPSA) is 65.7 Å². The fourth-order valence-electron chi connectivity index (χ4n) is 2.80. The average molecular weight is 372 g/mol. The minimum atomic E-state index is -0.0373. The van der Waals surface area contributed by atoms with Crippen LogP contribution in [0.4, 0.5) is 5.69 Å². The number of para-hydroxylation sites is 1. The van der Waals surface area contributed by atoms with Crippen LogP contribution in [0.5, 0.6) is 0 Å². The predicted molar refractivity (Wildman–Crippen MR) is 112 cm³/mol. The van der Waals surface area contributed by atoms with Crippen LogP contribution in [0.25, 0.3) is 0 Å². The number of aromatic nitrogens is 1. The van der Waals surface area contributed by atoms with Gasteiger partial charge in [-0.2, -0.15) is 0 Å². The van der Waals surface area contributed by atoms with Crippen LogP contribution in [0.1, 0.15) is 44.9 Å². The number of likely N-dealkylation sites (N-methyl/N-ethyl adjacent to an activating group) is 1. The lowest BCUT2D eigenvalue weighted by atomic mass is 9.94. The molecule has 1 aromatic carbocycles. The van der Waals surface area contributed by atoms with Gasteiger partial charge in [0.1, 0.15) is 5.76 Å². The molecular formula is C21H33N5O. The second-order valence-corrected chi connectivity index (χ2v) is 7.59. The maximum absolute atomic E-state index is 5.81. The van der Waals surface area contributed by atoms with Crippen LogP contribution < -0.4 is 15.5 Å². The van der Waals surface area contributed by atoms with Crippen LogP contribution in [0.15, 0.2) is 39.9 Å². The van der Waals surface area contributed by atoms with Crippen molar-refractivity contribution in [3.05, 3.63) is 47.7 Å². The van der Waals surface area contributed by atoms with E-state index in [0.717, 1.165) is 31.4 Å². The normalized spacial score (nSPS) is 12.1. The van der Waals surface area contributed by atoms with E-state index in [4.69, 9.17) is 4.42 Å².